The van der Waals surface area contributed by atoms with Crippen LogP contribution in [-0.2, 0) is 5.41 Å². The Morgan fingerprint density at radius 3 is 2.35 bits per heavy atom. The van der Waals surface area contributed by atoms with Crippen molar-refractivity contribution in [2.45, 2.75) is 26.2 Å². The van der Waals surface area contributed by atoms with Gasteiger partial charge in [0.1, 0.15) is 11.6 Å². The third-order valence-corrected chi connectivity index (χ3v) is 3.55. The van der Waals surface area contributed by atoms with E-state index >= 15 is 0 Å². The molecule has 2 N–H and O–H groups in total. The van der Waals surface area contributed by atoms with E-state index in [1.165, 1.54) is 12.1 Å². The summed E-state index contributed by atoms with van der Waals surface area (Å²) in [7, 11) is 0. The average molecular weight is 272 g/mol. The van der Waals surface area contributed by atoms with E-state index in [2.05, 4.69) is 4.98 Å². The zero-order valence-corrected chi connectivity index (χ0v) is 11.8. The summed E-state index contributed by atoms with van der Waals surface area (Å²) >= 11 is 0. The number of carbonyl (C=O) groups excluding carboxylic acids is 1. The van der Waals surface area contributed by atoms with Gasteiger partial charge in [0, 0.05) is 6.20 Å². The molecule has 0 aliphatic heterocycles. The van der Waals surface area contributed by atoms with Crippen LogP contribution in [0, 0.1) is 12.7 Å². The van der Waals surface area contributed by atoms with E-state index in [-0.39, 0.29) is 17.4 Å². The molecule has 1 aromatic carbocycles. The van der Waals surface area contributed by atoms with Crippen LogP contribution >= 0.6 is 0 Å². The molecule has 104 valence electrons. The van der Waals surface area contributed by atoms with Crippen molar-refractivity contribution in [3.63, 3.8) is 0 Å². The largest absolute Gasteiger partial charge is 0.383 e. The molecule has 0 amide bonds. The van der Waals surface area contributed by atoms with E-state index in [9.17, 15) is 9.18 Å². The molecule has 0 atom stereocenters. The molecule has 1 heterocycles. The number of nitrogens with zero attached hydrogens (tertiary/aromatic N) is 1. The van der Waals surface area contributed by atoms with Crippen LogP contribution in [0.3, 0.4) is 0 Å². The molecule has 0 unspecified atom stereocenters. The fourth-order valence-electron chi connectivity index (χ4n) is 2.18. The van der Waals surface area contributed by atoms with Crippen LogP contribution in [0.25, 0.3) is 0 Å². The first-order valence-corrected chi connectivity index (χ1v) is 6.36. The second kappa shape index (κ2) is 5.04. The predicted octanol–water partition coefficient (Wildman–Crippen LogP) is 3.27. The number of nitrogens with two attached hydrogens (primary N) is 1. The highest BCUT2D eigenvalue weighted by atomic mass is 19.1. The van der Waals surface area contributed by atoms with Gasteiger partial charge in [-0.1, -0.05) is 12.1 Å². The van der Waals surface area contributed by atoms with Gasteiger partial charge >= 0.3 is 0 Å². The van der Waals surface area contributed by atoms with Gasteiger partial charge in [-0.3, -0.25) is 4.79 Å². The number of hydrogen-bond acceptors (Lipinski definition) is 3. The van der Waals surface area contributed by atoms with E-state index < -0.39 is 5.41 Å². The molecule has 0 saturated heterocycles. The van der Waals surface area contributed by atoms with E-state index in [0.717, 1.165) is 11.1 Å². The summed E-state index contributed by atoms with van der Waals surface area (Å²) in [6, 6.07) is 7.70. The van der Waals surface area contributed by atoms with Crippen LogP contribution in [-0.4, -0.2) is 10.8 Å². The maximum absolute atomic E-state index is 13.0. The second-order valence-corrected chi connectivity index (χ2v) is 5.35. The number of halogens is 1. The van der Waals surface area contributed by atoms with Gasteiger partial charge in [-0.15, -0.1) is 0 Å². The maximum atomic E-state index is 13.0. The van der Waals surface area contributed by atoms with Crippen molar-refractivity contribution < 1.29 is 9.18 Å². The van der Waals surface area contributed by atoms with Crippen LogP contribution in [0.4, 0.5) is 10.2 Å². The molecule has 0 aliphatic rings. The smallest absolute Gasteiger partial charge is 0.176 e. The van der Waals surface area contributed by atoms with Crippen LogP contribution in [0.15, 0.2) is 36.5 Å². The lowest BCUT2D eigenvalue weighted by atomic mass is 9.77. The maximum Gasteiger partial charge on any atom is 0.176 e. The zero-order valence-electron chi connectivity index (χ0n) is 11.8. The summed E-state index contributed by atoms with van der Waals surface area (Å²) < 4.78 is 13.0. The van der Waals surface area contributed by atoms with Gasteiger partial charge in [0.2, 0.25) is 0 Å². The molecule has 2 aromatic rings. The molecular formula is C16H17FN2O. The second-order valence-electron chi connectivity index (χ2n) is 5.35. The number of ketones is 1. The highest BCUT2D eigenvalue weighted by molar-refractivity contribution is 6.07. The monoisotopic (exact) mass is 272 g/mol. The number of benzene rings is 1. The van der Waals surface area contributed by atoms with Gasteiger partial charge in [-0.2, -0.15) is 0 Å². The Morgan fingerprint density at radius 2 is 1.80 bits per heavy atom. The number of nitrogen functional groups attached to an aromatic ring is 1. The third kappa shape index (κ3) is 2.41. The molecule has 20 heavy (non-hydrogen) atoms. The van der Waals surface area contributed by atoms with E-state index in [4.69, 9.17) is 5.73 Å². The van der Waals surface area contributed by atoms with Crippen LogP contribution in [0.1, 0.15) is 35.3 Å². The molecule has 0 saturated carbocycles. The summed E-state index contributed by atoms with van der Waals surface area (Å²) in [5.41, 5.74) is 7.00. The van der Waals surface area contributed by atoms with Crippen LogP contribution < -0.4 is 5.73 Å². The van der Waals surface area contributed by atoms with Gasteiger partial charge in [0.25, 0.3) is 0 Å². The van der Waals surface area contributed by atoms with E-state index in [0.29, 0.717) is 5.56 Å². The molecule has 3 nitrogen and oxygen atoms in total. The van der Waals surface area contributed by atoms with E-state index in [1.54, 1.807) is 38.2 Å². The summed E-state index contributed by atoms with van der Waals surface area (Å²) in [6.45, 7) is 5.43. The average Bonchev–Trinajstić information content (AvgIpc) is 2.38. The number of anilines is 1. The van der Waals surface area contributed by atoms with Gasteiger partial charge in [-0.25, -0.2) is 9.37 Å². The van der Waals surface area contributed by atoms with Crippen molar-refractivity contribution >= 4 is 11.6 Å². The molecule has 0 fully saturated rings. The highest BCUT2D eigenvalue weighted by Crippen LogP contribution is 2.30. The van der Waals surface area contributed by atoms with Crippen molar-refractivity contribution in [3.8, 4) is 0 Å². The minimum Gasteiger partial charge on any atom is -0.383 e. The fraction of sp³-hybridized carbons (Fsp3) is 0.250. The van der Waals surface area contributed by atoms with Gasteiger partial charge in [-0.05, 0) is 50.1 Å². The molecule has 2 rings (SSSR count). The Kier molecular flexibility index (Phi) is 3.57. The highest BCUT2D eigenvalue weighted by Gasteiger charge is 2.33. The number of Topliss-reactive ketones (excluding diaryl/α,β-unsaturated/α-hetero) is 1. The quantitative estimate of drug-likeness (QED) is 0.872. The summed E-state index contributed by atoms with van der Waals surface area (Å²) in [5, 5.41) is 0. The van der Waals surface area contributed by atoms with Crippen LogP contribution in [0.2, 0.25) is 0 Å². The number of hydrogen-bond donors (Lipinski definition) is 1. The number of rotatable bonds is 3. The molecule has 1 aromatic heterocycles. The first kappa shape index (κ1) is 14.2. The Hall–Kier alpha value is -2.23. The van der Waals surface area contributed by atoms with Gasteiger partial charge in [0.15, 0.2) is 5.78 Å². The van der Waals surface area contributed by atoms with Crippen molar-refractivity contribution in [2.24, 2.45) is 0 Å². The van der Waals surface area contributed by atoms with Crippen molar-refractivity contribution in [2.75, 3.05) is 5.73 Å². The lowest BCUT2D eigenvalue weighted by Crippen LogP contribution is -2.30. The van der Waals surface area contributed by atoms with Gasteiger partial charge < -0.3 is 5.73 Å². The molecule has 0 bridgehead atoms. The predicted molar refractivity (Wildman–Crippen MR) is 77.1 cm³/mol. The molecule has 0 radical (unpaired) electrons. The van der Waals surface area contributed by atoms with Crippen molar-refractivity contribution in [3.05, 3.63) is 59.0 Å². The molecule has 4 heteroatoms. The summed E-state index contributed by atoms with van der Waals surface area (Å²) in [6.07, 6.45) is 1.58. The Labute approximate surface area is 117 Å². The zero-order chi connectivity index (χ0) is 14.9. The lowest BCUT2D eigenvalue weighted by molar-refractivity contribution is 0.0908. The van der Waals surface area contributed by atoms with Crippen molar-refractivity contribution in [1.29, 1.82) is 0 Å². The number of pyridine rings is 1. The minimum atomic E-state index is -0.796. The molecule has 0 aliphatic carbocycles. The summed E-state index contributed by atoms with van der Waals surface area (Å²) in [4.78, 5) is 16.8. The van der Waals surface area contributed by atoms with Crippen molar-refractivity contribution in [1.82, 2.24) is 4.98 Å². The first-order valence-electron chi connectivity index (χ1n) is 6.36. The lowest BCUT2D eigenvalue weighted by Gasteiger charge is -2.25. The Bertz CT molecular complexity index is 628. The topological polar surface area (TPSA) is 56.0 Å². The number of carbonyl (C=O) groups is 1. The Morgan fingerprint density at radius 1 is 1.20 bits per heavy atom. The Balaban J connectivity index is 2.48. The third-order valence-electron chi connectivity index (χ3n) is 3.55. The number of aryl methyl sites for hydroxylation is 1. The standard InChI is InChI=1S/C16H17FN2O/c1-10-8-9-19-15(18)13(10)14(20)16(2,3)11-4-6-12(17)7-5-11/h4-9H,1-3H3,(H2,18,19). The fourth-order valence-corrected chi connectivity index (χ4v) is 2.18. The normalized spacial score (nSPS) is 11.4. The summed E-state index contributed by atoms with van der Waals surface area (Å²) in [5.74, 6) is -0.216. The molecular weight excluding hydrogens is 255 g/mol. The van der Waals surface area contributed by atoms with Gasteiger partial charge in [0.05, 0.1) is 11.0 Å². The minimum absolute atomic E-state index is 0.118. The number of aromatic nitrogens is 1. The van der Waals surface area contributed by atoms with Crippen LogP contribution in [0.5, 0.6) is 0 Å². The van der Waals surface area contributed by atoms with E-state index in [1.807, 2.05) is 6.92 Å². The SMILES string of the molecule is Cc1ccnc(N)c1C(=O)C(C)(C)c1ccc(F)cc1. The first-order chi connectivity index (χ1) is 9.34. The molecule has 0 spiro atoms.